The van der Waals surface area contributed by atoms with Crippen LogP contribution in [-0.2, 0) is 0 Å². The molecule has 1 amide bonds. The molecule has 1 aromatic rings. The Kier molecular flexibility index (Phi) is 6.05. The van der Waals surface area contributed by atoms with E-state index < -0.39 is 16.6 Å². The summed E-state index contributed by atoms with van der Waals surface area (Å²) < 4.78 is 13.8. The Morgan fingerprint density at radius 2 is 2.10 bits per heavy atom. The summed E-state index contributed by atoms with van der Waals surface area (Å²) in [6, 6.07) is 2.03. The Morgan fingerprint density at radius 1 is 1.40 bits per heavy atom. The second-order valence-electron chi connectivity index (χ2n) is 4.42. The van der Waals surface area contributed by atoms with E-state index >= 15 is 0 Å². The quantitative estimate of drug-likeness (QED) is 0.454. The van der Waals surface area contributed by atoms with Gasteiger partial charge in [0.05, 0.1) is 10.5 Å². The maximum atomic E-state index is 13.8. The molecule has 0 saturated carbocycles. The second-order valence-corrected chi connectivity index (χ2v) is 4.42. The zero-order valence-electron chi connectivity index (χ0n) is 11.2. The number of unbranched alkanes of at least 4 members (excludes halogenated alkanes) is 2. The molecule has 0 aliphatic rings. The van der Waals surface area contributed by atoms with Crippen LogP contribution in [0.2, 0.25) is 0 Å². The first-order valence-corrected chi connectivity index (χ1v) is 6.31. The number of nitro groups is 1. The van der Waals surface area contributed by atoms with Crippen molar-refractivity contribution in [2.24, 2.45) is 0 Å². The summed E-state index contributed by atoms with van der Waals surface area (Å²) in [5, 5.41) is 21.8. The van der Waals surface area contributed by atoms with Crippen LogP contribution in [0.25, 0.3) is 0 Å². The molecule has 1 rings (SSSR count). The minimum absolute atomic E-state index is 0.0598. The number of amides is 1. The van der Waals surface area contributed by atoms with Crippen molar-refractivity contribution in [2.75, 3.05) is 13.2 Å². The molecule has 0 spiro atoms. The van der Waals surface area contributed by atoms with Crippen LogP contribution in [0.15, 0.2) is 12.1 Å². The smallest absolute Gasteiger partial charge is 0.270 e. The van der Waals surface area contributed by atoms with Gasteiger partial charge in [-0.2, -0.15) is 0 Å². The van der Waals surface area contributed by atoms with Crippen molar-refractivity contribution in [1.29, 1.82) is 0 Å². The zero-order chi connectivity index (χ0) is 15.1. The van der Waals surface area contributed by atoms with Crippen molar-refractivity contribution in [1.82, 2.24) is 5.32 Å². The van der Waals surface area contributed by atoms with Gasteiger partial charge in [-0.05, 0) is 31.7 Å². The van der Waals surface area contributed by atoms with E-state index in [9.17, 15) is 19.3 Å². The largest absolute Gasteiger partial charge is 0.396 e. The SMILES string of the molecule is Cc1cc([N+](=O)[O-])cc(C(=O)NCCCCCO)c1F. The predicted molar refractivity (Wildman–Crippen MR) is 71.1 cm³/mol. The Labute approximate surface area is 115 Å². The molecular weight excluding hydrogens is 267 g/mol. The van der Waals surface area contributed by atoms with Gasteiger partial charge in [-0.25, -0.2) is 4.39 Å². The van der Waals surface area contributed by atoms with Crippen molar-refractivity contribution < 1.29 is 19.2 Å². The fraction of sp³-hybridized carbons (Fsp3) is 0.462. The van der Waals surface area contributed by atoms with Crippen LogP contribution >= 0.6 is 0 Å². The number of hydrogen-bond donors (Lipinski definition) is 2. The molecule has 0 atom stereocenters. The lowest BCUT2D eigenvalue weighted by atomic mass is 10.1. The summed E-state index contributed by atoms with van der Waals surface area (Å²) in [5.41, 5.74) is -0.571. The standard InChI is InChI=1S/C13H17FN2O4/c1-9-7-10(16(19)20)8-11(12(9)14)13(18)15-5-3-2-4-6-17/h7-8,17H,2-6H2,1H3,(H,15,18). The van der Waals surface area contributed by atoms with Gasteiger partial charge in [-0.1, -0.05) is 0 Å². The van der Waals surface area contributed by atoms with Crippen molar-refractivity contribution in [2.45, 2.75) is 26.2 Å². The number of hydrogen-bond acceptors (Lipinski definition) is 4. The highest BCUT2D eigenvalue weighted by atomic mass is 19.1. The molecule has 7 heteroatoms. The molecule has 6 nitrogen and oxygen atoms in total. The minimum atomic E-state index is -0.747. The predicted octanol–water partition coefficient (Wildman–Crippen LogP) is 1.93. The number of nitrogens with one attached hydrogen (secondary N) is 1. The average molecular weight is 284 g/mol. The maximum absolute atomic E-state index is 13.8. The summed E-state index contributed by atoms with van der Waals surface area (Å²) in [7, 11) is 0. The van der Waals surface area contributed by atoms with Gasteiger partial charge in [0, 0.05) is 25.3 Å². The van der Waals surface area contributed by atoms with Gasteiger partial charge < -0.3 is 10.4 Å². The molecule has 2 N–H and O–H groups in total. The highest BCUT2D eigenvalue weighted by Crippen LogP contribution is 2.20. The second kappa shape index (κ2) is 7.54. The molecule has 0 radical (unpaired) electrons. The normalized spacial score (nSPS) is 10.3. The first-order chi connectivity index (χ1) is 9.47. The molecule has 0 saturated heterocycles. The number of rotatable bonds is 7. The molecule has 0 bridgehead atoms. The van der Waals surface area contributed by atoms with Gasteiger partial charge in [0.25, 0.3) is 11.6 Å². The van der Waals surface area contributed by atoms with E-state index in [-0.39, 0.29) is 23.4 Å². The Bertz CT molecular complexity index is 505. The Morgan fingerprint density at radius 3 is 2.70 bits per heavy atom. The fourth-order valence-corrected chi connectivity index (χ4v) is 1.73. The number of benzene rings is 1. The molecule has 0 aliphatic heterocycles. The number of carbonyl (C=O) groups excluding carboxylic acids is 1. The molecule has 0 unspecified atom stereocenters. The van der Waals surface area contributed by atoms with Gasteiger partial charge in [-0.15, -0.1) is 0 Å². The van der Waals surface area contributed by atoms with Gasteiger partial charge in [0.1, 0.15) is 5.82 Å². The molecule has 110 valence electrons. The number of halogens is 1. The molecule has 0 fully saturated rings. The van der Waals surface area contributed by atoms with Crippen molar-refractivity contribution in [3.05, 3.63) is 39.2 Å². The van der Waals surface area contributed by atoms with Crippen LogP contribution in [0, 0.1) is 22.9 Å². The van der Waals surface area contributed by atoms with E-state index in [0.29, 0.717) is 19.4 Å². The highest BCUT2D eigenvalue weighted by Gasteiger charge is 2.19. The van der Waals surface area contributed by atoms with Gasteiger partial charge in [0.15, 0.2) is 0 Å². The number of aryl methyl sites for hydroxylation is 1. The topological polar surface area (TPSA) is 92.5 Å². The van der Waals surface area contributed by atoms with Crippen LogP contribution < -0.4 is 5.32 Å². The number of aliphatic hydroxyl groups excluding tert-OH is 1. The maximum Gasteiger partial charge on any atom is 0.270 e. The monoisotopic (exact) mass is 284 g/mol. The van der Waals surface area contributed by atoms with Crippen LogP contribution in [-0.4, -0.2) is 29.1 Å². The van der Waals surface area contributed by atoms with Gasteiger partial charge in [0.2, 0.25) is 0 Å². The van der Waals surface area contributed by atoms with E-state index in [1.54, 1.807) is 0 Å². The minimum Gasteiger partial charge on any atom is -0.396 e. The highest BCUT2D eigenvalue weighted by molar-refractivity contribution is 5.95. The lowest BCUT2D eigenvalue weighted by Gasteiger charge is -2.07. The first kappa shape index (κ1) is 16.0. The van der Waals surface area contributed by atoms with E-state index in [1.807, 2.05) is 0 Å². The molecule has 0 aromatic heterocycles. The summed E-state index contributed by atoms with van der Waals surface area (Å²) >= 11 is 0. The third-order valence-electron chi connectivity index (χ3n) is 2.82. The van der Waals surface area contributed by atoms with Crippen LogP contribution in [0.1, 0.15) is 35.2 Å². The molecular formula is C13H17FN2O4. The number of aliphatic hydroxyl groups is 1. The fourth-order valence-electron chi connectivity index (χ4n) is 1.73. The van der Waals surface area contributed by atoms with Gasteiger partial charge in [-0.3, -0.25) is 14.9 Å². The Balaban J connectivity index is 2.74. The summed E-state index contributed by atoms with van der Waals surface area (Å²) in [6.07, 6.45) is 2.04. The van der Waals surface area contributed by atoms with E-state index in [4.69, 9.17) is 5.11 Å². The van der Waals surface area contributed by atoms with E-state index in [0.717, 1.165) is 18.6 Å². The number of nitrogens with zero attached hydrogens (tertiary/aromatic N) is 1. The molecule has 0 heterocycles. The number of non-ortho nitro benzene ring substituents is 1. The summed E-state index contributed by atoms with van der Waals surface area (Å²) in [5.74, 6) is -1.42. The molecule has 0 aliphatic carbocycles. The average Bonchev–Trinajstić information content (AvgIpc) is 2.41. The van der Waals surface area contributed by atoms with Gasteiger partial charge >= 0.3 is 0 Å². The van der Waals surface area contributed by atoms with E-state index in [1.165, 1.54) is 6.92 Å². The lowest BCUT2D eigenvalue weighted by Crippen LogP contribution is -2.25. The van der Waals surface area contributed by atoms with Crippen LogP contribution in [0.4, 0.5) is 10.1 Å². The van der Waals surface area contributed by atoms with Crippen LogP contribution in [0.5, 0.6) is 0 Å². The first-order valence-electron chi connectivity index (χ1n) is 6.31. The van der Waals surface area contributed by atoms with Crippen molar-refractivity contribution in [3.8, 4) is 0 Å². The third kappa shape index (κ3) is 4.27. The summed E-state index contributed by atoms with van der Waals surface area (Å²) in [4.78, 5) is 21.8. The third-order valence-corrected chi connectivity index (χ3v) is 2.82. The lowest BCUT2D eigenvalue weighted by molar-refractivity contribution is -0.385. The van der Waals surface area contributed by atoms with Crippen LogP contribution in [0.3, 0.4) is 0 Å². The zero-order valence-corrected chi connectivity index (χ0v) is 11.2. The molecule has 20 heavy (non-hydrogen) atoms. The number of nitro benzene ring substituents is 1. The summed E-state index contributed by atoms with van der Waals surface area (Å²) in [6.45, 7) is 1.80. The van der Waals surface area contributed by atoms with Crippen molar-refractivity contribution in [3.63, 3.8) is 0 Å². The Hall–Kier alpha value is -2.02. The van der Waals surface area contributed by atoms with Crippen molar-refractivity contribution >= 4 is 11.6 Å². The molecule has 1 aromatic carbocycles. The number of carbonyl (C=O) groups is 1. The van der Waals surface area contributed by atoms with E-state index in [2.05, 4.69) is 5.32 Å².